The molecule has 42 heavy (non-hydrogen) atoms. The Bertz CT molecular complexity index is 1540. The summed E-state index contributed by atoms with van der Waals surface area (Å²) >= 11 is 0.935. The monoisotopic (exact) mass is 627 g/mol. The number of non-ortho nitro benzene ring substituents is 1. The van der Waals surface area contributed by atoms with Crippen LogP contribution in [0.4, 0.5) is 10.8 Å². The van der Waals surface area contributed by atoms with Crippen molar-refractivity contribution in [2.45, 2.75) is 45.1 Å². The van der Waals surface area contributed by atoms with E-state index in [2.05, 4.69) is 20.8 Å². The lowest BCUT2D eigenvalue weighted by atomic mass is 9.98. The molecule has 1 aromatic heterocycles. The Labute approximate surface area is 241 Å². The minimum Gasteiger partial charge on any atom is -0.458 e. The summed E-state index contributed by atoms with van der Waals surface area (Å²) in [7, 11) is -5.00. The third-order valence-corrected chi connectivity index (χ3v) is 7.24. The van der Waals surface area contributed by atoms with Crippen molar-refractivity contribution >= 4 is 61.9 Å². The van der Waals surface area contributed by atoms with E-state index >= 15 is 0 Å². The van der Waals surface area contributed by atoms with Crippen molar-refractivity contribution in [2.75, 3.05) is 12.3 Å². The molecule has 5 N–H and O–H groups in total. The number of carbonyl (C=O) groups is 4. The van der Waals surface area contributed by atoms with Crippen molar-refractivity contribution in [3.05, 3.63) is 51.0 Å². The second-order valence-corrected chi connectivity index (χ2v) is 11.4. The third-order valence-electron chi connectivity index (χ3n) is 5.62. The molecular formula is C22H25N7O11S2. The normalized spacial score (nSPS) is 17.2. The van der Waals surface area contributed by atoms with Gasteiger partial charge in [-0.25, -0.2) is 14.1 Å². The molecule has 3 rings (SSSR count). The number of hydrogen-bond acceptors (Lipinski definition) is 14. The number of aromatic nitrogens is 1. The van der Waals surface area contributed by atoms with Crippen LogP contribution < -0.4 is 16.4 Å². The molecule has 0 bridgehead atoms. The molecule has 18 nitrogen and oxygen atoms in total. The van der Waals surface area contributed by atoms with Crippen LogP contribution in [-0.2, 0) is 45.7 Å². The second kappa shape index (κ2) is 12.4. The Morgan fingerprint density at radius 3 is 2.45 bits per heavy atom. The molecule has 2 atom stereocenters. The van der Waals surface area contributed by atoms with Crippen molar-refractivity contribution in [1.82, 2.24) is 19.9 Å². The number of anilines is 1. The van der Waals surface area contributed by atoms with Gasteiger partial charge in [0.05, 0.1) is 11.0 Å². The molecule has 1 saturated heterocycles. The fourth-order valence-electron chi connectivity index (χ4n) is 3.45. The molecule has 2 heterocycles. The second-order valence-electron chi connectivity index (χ2n) is 9.18. The number of thiazole rings is 1. The number of β-lactam (4-membered cyclic amide) rings is 1. The van der Waals surface area contributed by atoms with E-state index in [1.54, 1.807) is 0 Å². The van der Waals surface area contributed by atoms with Crippen LogP contribution in [0.25, 0.3) is 0 Å². The summed E-state index contributed by atoms with van der Waals surface area (Å²) in [6, 6.07) is 2.40. The number of nitrogen functional groups attached to an aromatic ring is 1. The van der Waals surface area contributed by atoms with Crippen molar-refractivity contribution in [1.29, 1.82) is 0 Å². The maximum Gasteiger partial charge on any atom is 0.362 e. The van der Waals surface area contributed by atoms with Gasteiger partial charge in [-0.05, 0) is 31.5 Å². The number of hydrogen-bond donors (Lipinski definition) is 4. The standard InChI is InChI=1S/C22H25N7O11S2/c1-11(30)24-8-15-17(19(32)28(15)42(36,37)38)26-18(31)16(14-10-41-21(23)25-14)27-40-22(2,3)20(33)39-9-12-4-6-13(7-5-12)29(34)35/h4-7,10,15,17H,8-9H2,1-3H3,(H2,23,25)(H,24,30)(H,26,31)(H,36,37,38)/t15-,17+/m1/s1. The SMILES string of the molecule is CC(=O)NC[C@@H]1[C@H](NC(=O)C(=NOC(C)(C)C(=O)OCc2ccc([N+](=O)[O-])cc2)c2csc(N)n2)C(=O)N1S(=O)(=O)O. The van der Waals surface area contributed by atoms with E-state index in [9.17, 15) is 42.3 Å². The summed E-state index contributed by atoms with van der Waals surface area (Å²) in [6.45, 7) is 3.02. The highest BCUT2D eigenvalue weighted by Crippen LogP contribution is 2.24. The van der Waals surface area contributed by atoms with Crippen LogP contribution in [-0.4, -0.2) is 80.8 Å². The van der Waals surface area contributed by atoms with E-state index < -0.39 is 68.9 Å². The molecule has 0 aliphatic carbocycles. The number of carbonyl (C=O) groups excluding carboxylic acids is 4. The first-order chi connectivity index (χ1) is 19.5. The molecule has 0 spiro atoms. The number of nitro benzene ring substituents is 1. The van der Waals surface area contributed by atoms with E-state index in [1.165, 1.54) is 43.5 Å². The highest BCUT2D eigenvalue weighted by Gasteiger charge is 2.54. The lowest BCUT2D eigenvalue weighted by Crippen LogP contribution is -2.74. The molecule has 1 aromatic carbocycles. The first-order valence-electron chi connectivity index (χ1n) is 11.8. The largest absolute Gasteiger partial charge is 0.458 e. The molecule has 20 heteroatoms. The van der Waals surface area contributed by atoms with Crippen LogP contribution in [0.2, 0.25) is 0 Å². The highest BCUT2D eigenvalue weighted by molar-refractivity contribution is 7.84. The van der Waals surface area contributed by atoms with Gasteiger partial charge in [-0.3, -0.25) is 29.1 Å². The van der Waals surface area contributed by atoms with Gasteiger partial charge in [0.2, 0.25) is 11.5 Å². The van der Waals surface area contributed by atoms with Gasteiger partial charge in [0.15, 0.2) is 10.8 Å². The average molecular weight is 628 g/mol. The van der Waals surface area contributed by atoms with Gasteiger partial charge in [0.25, 0.3) is 17.5 Å². The molecule has 0 saturated carbocycles. The zero-order valence-electron chi connectivity index (χ0n) is 22.2. The van der Waals surface area contributed by atoms with Gasteiger partial charge in [-0.15, -0.1) is 11.3 Å². The number of nitrogens with zero attached hydrogens (tertiary/aromatic N) is 4. The van der Waals surface area contributed by atoms with Crippen molar-refractivity contribution in [2.24, 2.45) is 5.16 Å². The van der Waals surface area contributed by atoms with Gasteiger partial charge in [0, 0.05) is 31.0 Å². The number of nitrogens with two attached hydrogens (primary N) is 1. The fourth-order valence-corrected chi connectivity index (χ4v) is 4.88. The summed E-state index contributed by atoms with van der Waals surface area (Å²) < 4.78 is 37.9. The Balaban J connectivity index is 1.77. The minimum atomic E-state index is -5.00. The van der Waals surface area contributed by atoms with Crippen LogP contribution in [0.5, 0.6) is 0 Å². The Kier molecular flexibility index (Phi) is 9.43. The van der Waals surface area contributed by atoms with Gasteiger partial charge < -0.3 is 25.9 Å². The minimum absolute atomic E-state index is 0.0353. The summed E-state index contributed by atoms with van der Waals surface area (Å²) in [5.41, 5.74) is 3.52. The van der Waals surface area contributed by atoms with E-state index in [-0.39, 0.29) is 27.4 Å². The lowest BCUT2D eigenvalue weighted by Gasteiger charge is -2.44. The van der Waals surface area contributed by atoms with Crippen LogP contribution in [0.15, 0.2) is 34.8 Å². The number of ether oxygens (including phenoxy) is 1. The van der Waals surface area contributed by atoms with Gasteiger partial charge in [-0.2, -0.15) is 8.42 Å². The topological polar surface area (TPSA) is 263 Å². The van der Waals surface area contributed by atoms with Crippen molar-refractivity contribution < 1.29 is 46.6 Å². The quantitative estimate of drug-likeness (QED) is 0.0579. The molecule has 2 aromatic rings. The molecule has 0 unspecified atom stereocenters. The van der Waals surface area contributed by atoms with E-state index in [0.29, 0.717) is 5.56 Å². The zero-order valence-corrected chi connectivity index (χ0v) is 23.8. The number of oxime groups is 1. The number of nitro groups is 1. The van der Waals surface area contributed by atoms with Crippen LogP contribution in [0.1, 0.15) is 32.0 Å². The molecular weight excluding hydrogens is 602 g/mol. The maximum absolute atomic E-state index is 13.2. The van der Waals surface area contributed by atoms with Crippen LogP contribution >= 0.6 is 11.3 Å². The first-order valence-corrected chi connectivity index (χ1v) is 14.0. The molecule has 3 amide bonds. The predicted molar refractivity (Wildman–Crippen MR) is 144 cm³/mol. The van der Waals surface area contributed by atoms with E-state index in [0.717, 1.165) is 18.3 Å². The summed E-state index contributed by atoms with van der Waals surface area (Å²) in [4.78, 5) is 69.1. The number of rotatable bonds is 12. The maximum atomic E-state index is 13.2. The number of benzene rings is 1. The van der Waals surface area contributed by atoms with Gasteiger partial charge >= 0.3 is 16.3 Å². The molecule has 1 fully saturated rings. The smallest absolute Gasteiger partial charge is 0.362 e. The average Bonchev–Trinajstić information content (AvgIpc) is 3.32. The van der Waals surface area contributed by atoms with Gasteiger partial charge in [0.1, 0.15) is 18.3 Å². The Morgan fingerprint density at radius 1 is 1.29 bits per heavy atom. The zero-order chi connectivity index (χ0) is 31.4. The van der Waals surface area contributed by atoms with E-state index in [1.807, 2.05) is 0 Å². The van der Waals surface area contributed by atoms with Crippen molar-refractivity contribution in [3.63, 3.8) is 0 Å². The molecule has 226 valence electrons. The summed E-state index contributed by atoms with van der Waals surface area (Å²) in [5, 5.41) is 20.5. The number of esters is 1. The highest BCUT2D eigenvalue weighted by atomic mass is 32.2. The van der Waals surface area contributed by atoms with Crippen molar-refractivity contribution in [3.8, 4) is 0 Å². The van der Waals surface area contributed by atoms with Gasteiger partial charge in [-0.1, -0.05) is 5.16 Å². The van der Waals surface area contributed by atoms with E-state index in [4.69, 9.17) is 15.3 Å². The number of nitrogens with one attached hydrogen (secondary N) is 2. The lowest BCUT2D eigenvalue weighted by molar-refractivity contribution is -0.384. The van der Waals surface area contributed by atoms with Crippen LogP contribution in [0, 0.1) is 10.1 Å². The Morgan fingerprint density at radius 2 is 1.93 bits per heavy atom. The molecule has 1 aliphatic heterocycles. The fraction of sp³-hybridized carbons (Fsp3) is 0.364. The van der Waals surface area contributed by atoms with Crippen LogP contribution in [0.3, 0.4) is 0 Å². The molecule has 0 radical (unpaired) electrons. The first kappa shape index (κ1) is 31.8. The summed E-state index contributed by atoms with van der Waals surface area (Å²) in [5.74, 6) is -3.76. The summed E-state index contributed by atoms with van der Waals surface area (Å²) in [6.07, 6.45) is 0. The molecule has 1 aliphatic rings. The third kappa shape index (κ3) is 7.53. The number of amides is 3. The Hall–Kier alpha value is -4.69. The predicted octanol–water partition coefficient (Wildman–Crippen LogP) is -0.489.